The van der Waals surface area contributed by atoms with E-state index in [1.54, 1.807) is 0 Å². The Morgan fingerprint density at radius 1 is 1.70 bits per heavy atom. The van der Waals surface area contributed by atoms with E-state index in [2.05, 4.69) is 11.7 Å². The molecule has 0 atom stereocenters. The van der Waals surface area contributed by atoms with Gasteiger partial charge in [0.25, 0.3) is 0 Å². The molecule has 0 amide bonds. The number of ether oxygens (including phenoxy) is 1. The second-order valence-corrected chi connectivity index (χ2v) is 4.04. The molecule has 1 fully saturated rings. The van der Waals surface area contributed by atoms with Gasteiger partial charge >= 0.3 is 5.97 Å². The van der Waals surface area contributed by atoms with Gasteiger partial charge in [-0.15, -0.1) is 0 Å². The van der Waals surface area contributed by atoms with Crippen LogP contribution in [0.1, 0.15) is 13.3 Å². The topological polar surface area (TPSA) is 26.3 Å². The Balaban J connectivity index is 2.29. The molecule has 58 valence electrons. The van der Waals surface area contributed by atoms with Gasteiger partial charge in [0.2, 0.25) is 0 Å². The number of esters is 1. The molecule has 3 heteroatoms. The van der Waals surface area contributed by atoms with E-state index in [-0.39, 0.29) is 11.4 Å². The molecule has 1 saturated heterocycles. The number of carbonyl (C=O) groups is 1. The fraction of sp³-hybridized carbons (Fsp3) is 0.857. The second kappa shape index (κ2) is 2.82. The van der Waals surface area contributed by atoms with Crippen LogP contribution in [0.3, 0.4) is 0 Å². The van der Waals surface area contributed by atoms with Crippen molar-refractivity contribution in [3.8, 4) is 0 Å². The first-order valence-electron chi connectivity index (χ1n) is 3.31. The summed E-state index contributed by atoms with van der Waals surface area (Å²) in [6.07, 6.45) is 0.580. The summed E-state index contributed by atoms with van der Waals surface area (Å²) in [6.45, 7) is 2.13. The smallest absolute Gasteiger partial charge is 0.306 e. The minimum atomic E-state index is -0.0807. The standard InChI is InChI=1S/C7H12O2S/c1-7(4-10-5-7)3-6(8)9-2/h3-5H2,1-2H3. The summed E-state index contributed by atoms with van der Waals surface area (Å²) in [5.74, 6) is 2.12. The molecular weight excluding hydrogens is 148 g/mol. The van der Waals surface area contributed by atoms with Crippen LogP contribution in [0.5, 0.6) is 0 Å². The van der Waals surface area contributed by atoms with Gasteiger partial charge in [0.15, 0.2) is 0 Å². The molecule has 0 aromatic carbocycles. The zero-order valence-electron chi connectivity index (χ0n) is 6.35. The normalized spacial score (nSPS) is 21.4. The van der Waals surface area contributed by atoms with Gasteiger partial charge in [-0.3, -0.25) is 4.79 Å². The van der Waals surface area contributed by atoms with E-state index < -0.39 is 0 Å². The zero-order chi connectivity index (χ0) is 7.61. The van der Waals surface area contributed by atoms with Crippen LogP contribution in [0, 0.1) is 5.41 Å². The van der Waals surface area contributed by atoms with Gasteiger partial charge in [0, 0.05) is 11.5 Å². The summed E-state index contributed by atoms with van der Waals surface area (Å²) in [5.41, 5.74) is 0.234. The minimum Gasteiger partial charge on any atom is -0.469 e. The number of thioether (sulfide) groups is 1. The van der Waals surface area contributed by atoms with Gasteiger partial charge in [0.05, 0.1) is 13.5 Å². The van der Waals surface area contributed by atoms with Crippen LogP contribution in [-0.2, 0) is 9.53 Å². The van der Waals surface area contributed by atoms with E-state index in [0.29, 0.717) is 6.42 Å². The van der Waals surface area contributed by atoms with E-state index in [1.807, 2.05) is 11.8 Å². The molecule has 0 spiro atoms. The summed E-state index contributed by atoms with van der Waals surface area (Å²) in [6, 6.07) is 0. The van der Waals surface area contributed by atoms with E-state index in [9.17, 15) is 4.79 Å². The third kappa shape index (κ3) is 1.66. The molecular formula is C7H12O2S. The van der Waals surface area contributed by atoms with Crippen molar-refractivity contribution in [2.75, 3.05) is 18.6 Å². The van der Waals surface area contributed by atoms with Crippen molar-refractivity contribution < 1.29 is 9.53 Å². The quantitative estimate of drug-likeness (QED) is 0.570. The first-order valence-corrected chi connectivity index (χ1v) is 4.46. The van der Waals surface area contributed by atoms with Gasteiger partial charge in [-0.25, -0.2) is 0 Å². The third-order valence-electron chi connectivity index (χ3n) is 1.70. The van der Waals surface area contributed by atoms with E-state index in [1.165, 1.54) is 7.11 Å². The van der Waals surface area contributed by atoms with Crippen molar-refractivity contribution in [1.82, 2.24) is 0 Å². The molecule has 1 aliphatic rings. The molecule has 10 heavy (non-hydrogen) atoms. The Kier molecular flexibility index (Phi) is 2.24. The molecule has 1 aliphatic heterocycles. The van der Waals surface area contributed by atoms with Gasteiger partial charge in [-0.05, 0) is 5.41 Å². The first-order chi connectivity index (χ1) is 4.66. The van der Waals surface area contributed by atoms with Crippen molar-refractivity contribution >= 4 is 17.7 Å². The van der Waals surface area contributed by atoms with E-state index in [0.717, 1.165) is 11.5 Å². The maximum atomic E-state index is 10.8. The van der Waals surface area contributed by atoms with Crippen LogP contribution in [-0.4, -0.2) is 24.6 Å². The van der Waals surface area contributed by atoms with Crippen molar-refractivity contribution in [2.45, 2.75) is 13.3 Å². The Hall–Kier alpha value is -0.180. The van der Waals surface area contributed by atoms with Crippen LogP contribution in [0.15, 0.2) is 0 Å². The Morgan fingerprint density at radius 2 is 2.30 bits per heavy atom. The molecule has 0 unspecified atom stereocenters. The Bertz CT molecular complexity index is 141. The fourth-order valence-corrected chi connectivity index (χ4v) is 2.08. The van der Waals surface area contributed by atoms with E-state index >= 15 is 0 Å². The number of hydrogen-bond acceptors (Lipinski definition) is 3. The van der Waals surface area contributed by atoms with Crippen molar-refractivity contribution in [1.29, 1.82) is 0 Å². The zero-order valence-corrected chi connectivity index (χ0v) is 7.16. The molecule has 0 aromatic heterocycles. The minimum absolute atomic E-state index is 0.0807. The molecule has 0 saturated carbocycles. The van der Waals surface area contributed by atoms with Gasteiger partial charge in [-0.1, -0.05) is 6.92 Å². The average Bonchev–Trinajstić information content (AvgIpc) is 1.84. The molecule has 0 bridgehead atoms. The highest BCUT2D eigenvalue weighted by molar-refractivity contribution is 8.00. The fourth-order valence-electron chi connectivity index (χ4n) is 0.973. The van der Waals surface area contributed by atoms with E-state index in [4.69, 9.17) is 0 Å². The predicted molar refractivity (Wildman–Crippen MR) is 42.1 cm³/mol. The van der Waals surface area contributed by atoms with Gasteiger partial charge in [0.1, 0.15) is 0 Å². The van der Waals surface area contributed by atoms with Gasteiger partial charge in [-0.2, -0.15) is 11.8 Å². The molecule has 1 heterocycles. The monoisotopic (exact) mass is 160 g/mol. The first kappa shape index (κ1) is 7.92. The lowest BCUT2D eigenvalue weighted by Crippen LogP contribution is -2.34. The summed E-state index contributed by atoms with van der Waals surface area (Å²) in [7, 11) is 1.44. The van der Waals surface area contributed by atoms with Crippen LogP contribution in [0.2, 0.25) is 0 Å². The third-order valence-corrected chi connectivity index (χ3v) is 3.50. The highest BCUT2D eigenvalue weighted by Gasteiger charge is 2.35. The van der Waals surface area contributed by atoms with Crippen molar-refractivity contribution in [3.05, 3.63) is 0 Å². The average molecular weight is 160 g/mol. The number of hydrogen-bond donors (Lipinski definition) is 0. The molecule has 2 nitrogen and oxygen atoms in total. The number of carbonyl (C=O) groups excluding carboxylic acids is 1. The van der Waals surface area contributed by atoms with Crippen molar-refractivity contribution in [3.63, 3.8) is 0 Å². The summed E-state index contributed by atoms with van der Waals surface area (Å²) in [4.78, 5) is 10.8. The van der Waals surface area contributed by atoms with Crippen LogP contribution >= 0.6 is 11.8 Å². The SMILES string of the molecule is COC(=O)CC1(C)CSC1. The Morgan fingerprint density at radius 3 is 2.60 bits per heavy atom. The number of methoxy groups -OCH3 is 1. The summed E-state index contributed by atoms with van der Waals surface area (Å²) >= 11 is 1.89. The summed E-state index contributed by atoms with van der Waals surface area (Å²) < 4.78 is 4.57. The predicted octanol–water partition coefficient (Wildman–Crippen LogP) is 1.30. The highest BCUT2D eigenvalue weighted by Crippen LogP contribution is 2.40. The maximum Gasteiger partial charge on any atom is 0.306 e. The molecule has 1 rings (SSSR count). The molecule has 0 N–H and O–H groups in total. The number of rotatable bonds is 2. The highest BCUT2D eigenvalue weighted by atomic mass is 32.2. The van der Waals surface area contributed by atoms with Gasteiger partial charge < -0.3 is 4.74 Å². The molecule has 0 aliphatic carbocycles. The largest absolute Gasteiger partial charge is 0.469 e. The second-order valence-electron chi connectivity index (χ2n) is 3.06. The maximum absolute atomic E-state index is 10.8. The van der Waals surface area contributed by atoms with Crippen LogP contribution in [0.4, 0.5) is 0 Å². The van der Waals surface area contributed by atoms with Crippen LogP contribution in [0.25, 0.3) is 0 Å². The van der Waals surface area contributed by atoms with Crippen LogP contribution < -0.4 is 0 Å². The lowest BCUT2D eigenvalue weighted by atomic mass is 9.91. The Labute approximate surface area is 65.3 Å². The molecule has 0 aromatic rings. The summed E-state index contributed by atoms with van der Waals surface area (Å²) in [5, 5.41) is 0. The molecule has 0 radical (unpaired) electrons. The van der Waals surface area contributed by atoms with Crippen molar-refractivity contribution in [2.24, 2.45) is 5.41 Å². The lowest BCUT2D eigenvalue weighted by Gasteiger charge is -2.36. The lowest BCUT2D eigenvalue weighted by molar-refractivity contribution is -0.142.